The van der Waals surface area contributed by atoms with Gasteiger partial charge in [-0.25, -0.2) is 12.8 Å². The van der Waals surface area contributed by atoms with Crippen molar-refractivity contribution in [3.05, 3.63) is 52.8 Å². The van der Waals surface area contributed by atoms with E-state index in [9.17, 15) is 12.8 Å². The molecule has 0 aliphatic carbocycles. The Labute approximate surface area is 123 Å². The van der Waals surface area contributed by atoms with Crippen molar-refractivity contribution >= 4 is 21.4 Å². The number of nitrogen functional groups attached to an aromatic ring is 1. The third-order valence-corrected chi connectivity index (χ3v) is 4.60. The first kappa shape index (κ1) is 15.3. The number of hydrogen-bond donors (Lipinski definition) is 2. The molecule has 0 amide bonds. The summed E-state index contributed by atoms with van der Waals surface area (Å²) in [6.45, 7) is 5.59. The highest BCUT2D eigenvalue weighted by Crippen LogP contribution is 2.27. The molecule has 112 valence electrons. The van der Waals surface area contributed by atoms with Crippen LogP contribution in [-0.4, -0.2) is 8.42 Å². The highest BCUT2D eigenvalue weighted by atomic mass is 32.2. The fourth-order valence-electron chi connectivity index (χ4n) is 2.29. The Balaban J connectivity index is 2.47. The molecule has 0 aromatic heterocycles. The molecule has 21 heavy (non-hydrogen) atoms. The second-order valence-electron chi connectivity index (χ2n) is 5.06. The first-order valence-corrected chi connectivity index (χ1v) is 7.85. The van der Waals surface area contributed by atoms with E-state index in [1.807, 2.05) is 32.9 Å². The van der Waals surface area contributed by atoms with Crippen molar-refractivity contribution in [3.63, 3.8) is 0 Å². The molecule has 0 radical (unpaired) electrons. The van der Waals surface area contributed by atoms with E-state index >= 15 is 0 Å². The number of nitrogens with one attached hydrogen (secondary N) is 1. The summed E-state index contributed by atoms with van der Waals surface area (Å²) < 4.78 is 40.4. The number of nitrogens with two attached hydrogens (primary N) is 1. The van der Waals surface area contributed by atoms with E-state index in [1.165, 1.54) is 0 Å². The van der Waals surface area contributed by atoms with Gasteiger partial charge in [-0.05, 0) is 50.1 Å². The molecule has 2 aromatic rings. The Bertz CT molecular complexity index is 778. The van der Waals surface area contributed by atoms with Crippen LogP contribution in [0.1, 0.15) is 16.7 Å². The molecule has 6 heteroatoms. The molecule has 0 bridgehead atoms. The number of halogens is 1. The van der Waals surface area contributed by atoms with Gasteiger partial charge in [-0.2, -0.15) is 0 Å². The minimum absolute atomic E-state index is 0.120. The van der Waals surface area contributed by atoms with Gasteiger partial charge in [0.15, 0.2) is 0 Å². The number of benzene rings is 2. The third-order valence-electron chi connectivity index (χ3n) is 3.17. The average Bonchev–Trinajstić information content (AvgIpc) is 2.33. The maximum absolute atomic E-state index is 13.0. The summed E-state index contributed by atoms with van der Waals surface area (Å²) in [4.78, 5) is -0.136. The lowest BCUT2D eigenvalue weighted by Crippen LogP contribution is -2.16. The Morgan fingerprint density at radius 3 is 2.14 bits per heavy atom. The first-order valence-electron chi connectivity index (χ1n) is 6.36. The van der Waals surface area contributed by atoms with Crippen LogP contribution in [0.15, 0.2) is 35.2 Å². The lowest BCUT2D eigenvalue weighted by molar-refractivity contribution is 0.600. The summed E-state index contributed by atoms with van der Waals surface area (Å²) in [6.07, 6.45) is 0. The van der Waals surface area contributed by atoms with E-state index in [2.05, 4.69) is 4.72 Å². The average molecular weight is 308 g/mol. The summed E-state index contributed by atoms with van der Waals surface area (Å²) in [7, 11) is -3.86. The lowest BCUT2D eigenvalue weighted by Gasteiger charge is -2.15. The zero-order valence-electron chi connectivity index (χ0n) is 12.1. The molecule has 0 atom stereocenters. The third kappa shape index (κ3) is 3.16. The van der Waals surface area contributed by atoms with Crippen molar-refractivity contribution < 1.29 is 12.8 Å². The second kappa shape index (κ2) is 5.37. The fraction of sp³-hybridized carbons (Fsp3) is 0.200. The number of hydrogen-bond acceptors (Lipinski definition) is 3. The van der Waals surface area contributed by atoms with Crippen LogP contribution in [0, 0.1) is 26.6 Å². The zero-order chi connectivity index (χ0) is 15.8. The molecule has 2 aromatic carbocycles. The van der Waals surface area contributed by atoms with Crippen molar-refractivity contribution in [1.29, 1.82) is 0 Å². The highest BCUT2D eigenvalue weighted by molar-refractivity contribution is 7.92. The Hall–Kier alpha value is -2.08. The van der Waals surface area contributed by atoms with E-state index in [4.69, 9.17) is 5.73 Å². The van der Waals surface area contributed by atoms with Gasteiger partial charge in [0.05, 0.1) is 11.4 Å². The Morgan fingerprint density at radius 1 is 1.05 bits per heavy atom. The van der Waals surface area contributed by atoms with Gasteiger partial charge < -0.3 is 5.73 Å². The fourth-order valence-corrected chi connectivity index (χ4v) is 3.61. The van der Waals surface area contributed by atoms with Gasteiger partial charge in [-0.15, -0.1) is 0 Å². The lowest BCUT2D eigenvalue weighted by atomic mass is 10.1. The molecule has 0 fully saturated rings. The minimum Gasteiger partial charge on any atom is -0.398 e. The van der Waals surface area contributed by atoms with Crippen molar-refractivity contribution in [2.24, 2.45) is 0 Å². The maximum atomic E-state index is 13.0. The van der Waals surface area contributed by atoms with Crippen LogP contribution in [0.25, 0.3) is 0 Å². The van der Waals surface area contributed by atoms with E-state index in [0.717, 1.165) is 34.9 Å². The molecular weight excluding hydrogens is 291 g/mol. The quantitative estimate of drug-likeness (QED) is 0.856. The molecule has 0 saturated carbocycles. The van der Waals surface area contributed by atoms with Gasteiger partial charge in [-0.1, -0.05) is 17.7 Å². The molecule has 0 spiro atoms. The summed E-state index contributed by atoms with van der Waals surface area (Å²) >= 11 is 0. The molecule has 0 aliphatic heterocycles. The van der Waals surface area contributed by atoms with E-state index in [-0.39, 0.29) is 10.6 Å². The molecule has 3 N–H and O–H groups in total. The van der Waals surface area contributed by atoms with Gasteiger partial charge in [0.25, 0.3) is 10.0 Å². The zero-order valence-corrected chi connectivity index (χ0v) is 12.9. The Morgan fingerprint density at radius 2 is 1.62 bits per heavy atom. The van der Waals surface area contributed by atoms with E-state index in [0.29, 0.717) is 5.69 Å². The minimum atomic E-state index is -3.86. The summed E-state index contributed by atoms with van der Waals surface area (Å²) in [5, 5.41) is 0. The van der Waals surface area contributed by atoms with Crippen molar-refractivity contribution in [3.8, 4) is 0 Å². The molecule has 0 saturated heterocycles. The van der Waals surface area contributed by atoms with Crippen LogP contribution < -0.4 is 10.5 Å². The topological polar surface area (TPSA) is 72.2 Å². The van der Waals surface area contributed by atoms with E-state index < -0.39 is 15.8 Å². The summed E-state index contributed by atoms with van der Waals surface area (Å²) in [5.74, 6) is -0.575. The second-order valence-corrected chi connectivity index (χ2v) is 6.71. The molecule has 0 aliphatic rings. The van der Waals surface area contributed by atoms with Crippen LogP contribution in [-0.2, 0) is 10.0 Å². The number of rotatable bonds is 3. The standard InChI is InChI=1S/C15H17FN2O2S/c1-9-6-10(2)15(11(3)7-9)18-21(19,20)14-5-4-12(16)8-13(14)17/h4-8,18H,17H2,1-3H3. The smallest absolute Gasteiger partial charge is 0.263 e. The first-order chi connectivity index (χ1) is 9.70. The number of aryl methyl sites for hydroxylation is 3. The number of sulfonamides is 1. The maximum Gasteiger partial charge on any atom is 0.263 e. The van der Waals surface area contributed by atoms with Crippen molar-refractivity contribution in [2.45, 2.75) is 25.7 Å². The van der Waals surface area contributed by atoms with Gasteiger partial charge >= 0.3 is 0 Å². The van der Waals surface area contributed by atoms with Crippen molar-refractivity contribution in [2.75, 3.05) is 10.5 Å². The molecule has 0 unspecified atom stereocenters. The van der Waals surface area contributed by atoms with Crippen LogP contribution in [0.4, 0.5) is 15.8 Å². The summed E-state index contributed by atoms with van der Waals surface area (Å²) in [6, 6.07) is 6.99. The van der Waals surface area contributed by atoms with Gasteiger partial charge in [0.2, 0.25) is 0 Å². The molecule has 4 nitrogen and oxygen atoms in total. The van der Waals surface area contributed by atoms with Gasteiger partial charge in [-0.3, -0.25) is 4.72 Å². The predicted molar refractivity (Wildman–Crippen MR) is 82.3 cm³/mol. The van der Waals surface area contributed by atoms with E-state index in [1.54, 1.807) is 0 Å². The molecular formula is C15H17FN2O2S. The van der Waals surface area contributed by atoms with Crippen LogP contribution in [0.5, 0.6) is 0 Å². The Kier molecular flexibility index (Phi) is 3.91. The monoisotopic (exact) mass is 308 g/mol. The SMILES string of the molecule is Cc1cc(C)c(NS(=O)(=O)c2ccc(F)cc2N)c(C)c1. The largest absolute Gasteiger partial charge is 0.398 e. The molecule has 0 heterocycles. The van der Waals surface area contributed by atoms with Gasteiger partial charge in [0.1, 0.15) is 10.7 Å². The number of anilines is 2. The summed E-state index contributed by atoms with van der Waals surface area (Å²) in [5.41, 5.74) is 8.68. The highest BCUT2D eigenvalue weighted by Gasteiger charge is 2.19. The normalized spacial score (nSPS) is 11.4. The van der Waals surface area contributed by atoms with Crippen LogP contribution in [0.3, 0.4) is 0 Å². The van der Waals surface area contributed by atoms with Crippen LogP contribution in [0.2, 0.25) is 0 Å². The van der Waals surface area contributed by atoms with Crippen LogP contribution >= 0.6 is 0 Å². The van der Waals surface area contributed by atoms with Gasteiger partial charge in [0, 0.05) is 0 Å². The predicted octanol–water partition coefficient (Wildman–Crippen LogP) is 3.13. The van der Waals surface area contributed by atoms with Crippen molar-refractivity contribution in [1.82, 2.24) is 0 Å². The molecule has 2 rings (SSSR count).